The second-order valence-corrected chi connectivity index (χ2v) is 5.52. The first-order chi connectivity index (χ1) is 8.21. The van der Waals surface area contributed by atoms with Crippen molar-refractivity contribution in [3.63, 3.8) is 0 Å². The van der Waals surface area contributed by atoms with E-state index in [0.29, 0.717) is 6.10 Å². The van der Waals surface area contributed by atoms with E-state index in [0.717, 1.165) is 45.5 Å². The molecule has 2 rings (SSSR count). The lowest BCUT2D eigenvalue weighted by Crippen LogP contribution is -2.41. The molecule has 2 aliphatic rings. The van der Waals surface area contributed by atoms with E-state index in [-0.39, 0.29) is 23.7 Å². The van der Waals surface area contributed by atoms with Crippen molar-refractivity contribution in [3.05, 3.63) is 0 Å². The molecule has 18 heavy (non-hydrogen) atoms. The van der Waals surface area contributed by atoms with E-state index in [4.69, 9.17) is 4.74 Å². The average Bonchev–Trinajstić information content (AvgIpc) is 2.79. The number of carbonyl (C=O) groups excluding carboxylic acids is 1. The molecule has 0 aromatic heterocycles. The Morgan fingerprint density at radius 3 is 2.94 bits per heavy atom. The average molecular weight is 277 g/mol. The lowest BCUT2D eigenvalue weighted by atomic mass is 9.89. The van der Waals surface area contributed by atoms with Gasteiger partial charge in [-0.05, 0) is 45.6 Å². The van der Waals surface area contributed by atoms with Gasteiger partial charge >= 0.3 is 0 Å². The Kier molecular flexibility index (Phi) is 6.39. The first kappa shape index (κ1) is 15.7. The van der Waals surface area contributed by atoms with Crippen molar-refractivity contribution in [2.24, 2.45) is 5.41 Å². The number of ether oxygens (including phenoxy) is 1. The Labute approximate surface area is 116 Å². The second-order valence-electron chi connectivity index (χ2n) is 5.52. The van der Waals surface area contributed by atoms with Crippen molar-refractivity contribution in [1.82, 2.24) is 10.6 Å². The van der Waals surface area contributed by atoms with Crippen LogP contribution in [-0.2, 0) is 9.53 Å². The van der Waals surface area contributed by atoms with Crippen LogP contribution in [-0.4, -0.2) is 38.3 Å². The highest BCUT2D eigenvalue weighted by molar-refractivity contribution is 5.85. The summed E-state index contributed by atoms with van der Waals surface area (Å²) in [5.74, 6) is 0.193. The first-order valence-electron chi connectivity index (χ1n) is 6.81. The van der Waals surface area contributed by atoms with Gasteiger partial charge in [-0.25, -0.2) is 0 Å². The zero-order chi connectivity index (χ0) is 12.1. The van der Waals surface area contributed by atoms with Gasteiger partial charge in [-0.3, -0.25) is 4.79 Å². The van der Waals surface area contributed by atoms with Gasteiger partial charge in [-0.15, -0.1) is 12.4 Å². The topological polar surface area (TPSA) is 50.4 Å². The molecule has 2 saturated heterocycles. The summed E-state index contributed by atoms with van der Waals surface area (Å²) >= 11 is 0. The maximum atomic E-state index is 12.0. The van der Waals surface area contributed by atoms with Crippen molar-refractivity contribution >= 4 is 18.3 Å². The molecule has 2 N–H and O–H groups in total. The molecule has 2 unspecified atom stereocenters. The van der Waals surface area contributed by atoms with Crippen LogP contribution >= 0.6 is 12.4 Å². The predicted molar refractivity (Wildman–Crippen MR) is 74.1 cm³/mol. The molecule has 0 spiro atoms. The van der Waals surface area contributed by atoms with Crippen LogP contribution in [0, 0.1) is 5.41 Å². The van der Waals surface area contributed by atoms with Gasteiger partial charge in [0.1, 0.15) is 0 Å². The number of amides is 1. The number of nitrogens with one attached hydrogen (secondary N) is 2. The van der Waals surface area contributed by atoms with Crippen LogP contribution in [0.4, 0.5) is 0 Å². The molecule has 0 aliphatic carbocycles. The Hall–Kier alpha value is -0.320. The van der Waals surface area contributed by atoms with Gasteiger partial charge in [-0.2, -0.15) is 0 Å². The Morgan fingerprint density at radius 1 is 1.50 bits per heavy atom. The summed E-state index contributed by atoms with van der Waals surface area (Å²) in [5, 5.41) is 6.30. The Morgan fingerprint density at radius 2 is 2.33 bits per heavy atom. The summed E-state index contributed by atoms with van der Waals surface area (Å²) in [6.45, 7) is 5.44. The smallest absolute Gasteiger partial charge is 0.227 e. The molecule has 2 fully saturated rings. The molecule has 0 aromatic carbocycles. The summed E-state index contributed by atoms with van der Waals surface area (Å²) in [4.78, 5) is 12.0. The molecule has 0 radical (unpaired) electrons. The van der Waals surface area contributed by atoms with E-state index in [9.17, 15) is 4.79 Å². The predicted octanol–water partition coefficient (Wildman–Crippen LogP) is 1.48. The summed E-state index contributed by atoms with van der Waals surface area (Å²) in [7, 11) is 0. The maximum Gasteiger partial charge on any atom is 0.227 e. The van der Waals surface area contributed by atoms with Gasteiger partial charge in [0.2, 0.25) is 5.91 Å². The van der Waals surface area contributed by atoms with E-state index < -0.39 is 0 Å². The fraction of sp³-hybridized carbons (Fsp3) is 0.923. The van der Waals surface area contributed by atoms with Crippen LogP contribution < -0.4 is 10.6 Å². The molecule has 0 bridgehead atoms. The number of rotatable bonds is 4. The van der Waals surface area contributed by atoms with Crippen molar-refractivity contribution in [1.29, 1.82) is 0 Å². The van der Waals surface area contributed by atoms with E-state index in [1.54, 1.807) is 0 Å². The molecule has 4 nitrogen and oxygen atoms in total. The fourth-order valence-electron chi connectivity index (χ4n) is 2.61. The van der Waals surface area contributed by atoms with Gasteiger partial charge in [0.25, 0.3) is 0 Å². The van der Waals surface area contributed by atoms with Gasteiger partial charge < -0.3 is 15.4 Å². The third-order valence-electron chi connectivity index (χ3n) is 3.94. The highest BCUT2D eigenvalue weighted by Gasteiger charge is 2.35. The maximum absolute atomic E-state index is 12.0. The standard InChI is InChI=1S/C13H24N2O2.ClH/c1-13(6-8-14-10-13)12(16)15-7-5-11-4-2-3-9-17-11;/h11,14H,2-10H2,1H3,(H,15,16);1H. The number of halogens is 1. The lowest BCUT2D eigenvalue weighted by Gasteiger charge is -2.25. The molecule has 2 atom stereocenters. The molecule has 1 amide bonds. The van der Waals surface area contributed by atoms with Crippen molar-refractivity contribution in [2.75, 3.05) is 26.2 Å². The minimum Gasteiger partial charge on any atom is -0.378 e. The minimum absolute atomic E-state index is 0. The van der Waals surface area contributed by atoms with E-state index in [2.05, 4.69) is 10.6 Å². The third-order valence-corrected chi connectivity index (χ3v) is 3.94. The molecule has 0 saturated carbocycles. The zero-order valence-electron chi connectivity index (χ0n) is 11.2. The molecule has 0 aromatic rings. The minimum atomic E-state index is -0.201. The van der Waals surface area contributed by atoms with Gasteiger partial charge in [0, 0.05) is 19.7 Å². The SMILES string of the molecule is CC1(C(=O)NCCC2CCCCO2)CCNC1.Cl. The Balaban J connectivity index is 0.00000162. The lowest BCUT2D eigenvalue weighted by molar-refractivity contribution is -0.129. The largest absolute Gasteiger partial charge is 0.378 e. The summed E-state index contributed by atoms with van der Waals surface area (Å²) < 4.78 is 5.65. The van der Waals surface area contributed by atoms with Crippen LogP contribution in [0.25, 0.3) is 0 Å². The third kappa shape index (κ3) is 4.11. The van der Waals surface area contributed by atoms with E-state index in [1.807, 2.05) is 6.92 Å². The normalized spacial score (nSPS) is 31.7. The molecule has 2 aliphatic heterocycles. The van der Waals surface area contributed by atoms with Crippen LogP contribution in [0.15, 0.2) is 0 Å². The molecule has 5 heteroatoms. The van der Waals surface area contributed by atoms with Crippen LogP contribution in [0.5, 0.6) is 0 Å². The monoisotopic (exact) mass is 276 g/mol. The second kappa shape index (κ2) is 7.31. The summed E-state index contributed by atoms with van der Waals surface area (Å²) in [5.41, 5.74) is -0.201. The molecule has 2 heterocycles. The summed E-state index contributed by atoms with van der Waals surface area (Å²) in [6, 6.07) is 0. The van der Waals surface area contributed by atoms with E-state index in [1.165, 1.54) is 12.8 Å². The zero-order valence-corrected chi connectivity index (χ0v) is 12.0. The van der Waals surface area contributed by atoms with Crippen LogP contribution in [0.1, 0.15) is 39.0 Å². The van der Waals surface area contributed by atoms with Gasteiger partial charge in [-0.1, -0.05) is 0 Å². The molecular formula is C13H25ClN2O2. The van der Waals surface area contributed by atoms with Crippen molar-refractivity contribution in [2.45, 2.75) is 45.1 Å². The van der Waals surface area contributed by atoms with Crippen LogP contribution in [0.2, 0.25) is 0 Å². The van der Waals surface area contributed by atoms with Gasteiger partial charge in [0.05, 0.1) is 11.5 Å². The quantitative estimate of drug-likeness (QED) is 0.818. The number of hydrogen-bond acceptors (Lipinski definition) is 3. The highest BCUT2D eigenvalue weighted by atomic mass is 35.5. The van der Waals surface area contributed by atoms with Crippen molar-refractivity contribution < 1.29 is 9.53 Å². The van der Waals surface area contributed by atoms with Gasteiger partial charge in [0.15, 0.2) is 0 Å². The van der Waals surface area contributed by atoms with Crippen molar-refractivity contribution in [3.8, 4) is 0 Å². The Bertz CT molecular complexity index is 262. The fourth-order valence-corrected chi connectivity index (χ4v) is 2.61. The number of carbonyl (C=O) groups is 1. The summed E-state index contributed by atoms with van der Waals surface area (Å²) in [6.07, 6.45) is 5.86. The van der Waals surface area contributed by atoms with Crippen LogP contribution in [0.3, 0.4) is 0 Å². The molecule has 106 valence electrons. The number of hydrogen-bond donors (Lipinski definition) is 2. The van der Waals surface area contributed by atoms with E-state index >= 15 is 0 Å². The first-order valence-corrected chi connectivity index (χ1v) is 6.81. The highest BCUT2D eigenvalue weighted by Crippen LogP contribution is 2.24. The molecular weight excluding hydrogens is 252 g/mol.